The molecule has 0 unspecified atom stereocenters. The molecule has 2 atom stereocenters. The molecular weight excluding hydrogens is 609 g/mol. The molecule has 4 rings (SSSR count). The second-order valence-corrected chi connectivity index (χ2v) is 13.3. The van der Waals surface area contributed by atoms with E-state index in [9.17, 15) is 14.7 Å². The summed E-state index contributed by atoms with van der Waals surface area (Å²) >= 11 is 1.52. The van der Waals surface area contributed by atoms with Gasteiger partial charge in [-0.15, -0.1) is 11.3 Å². The standard InChI is InChI=1S/C37H48N6O3S/c1-8-43(9-2)31-17-28(16-29(18-31)37(46)42(7)23-35-39-26(5)24-47-35)36(45)40-33(15-27-13-11-10-12-14-27)34(44)22-41(6)32-19-30(25(3)4)20-38-21-32/h10-14,16-21,24-25,33-34,44H,8-9,15,22-23H2,1-7H3,(H,40,45)/t33-,34+/m0/s1. The molecule has 0 aliphatic carbocycles. The highest BCUT2D eigenvalue weighted by Gasteiger charge is 2.26. The van der Waals surface area contributed by atoms with E-state index in [1.807, 2.05) is 86.8 Å². The minimum Gasteiger partial charge on any atom is -0.389 e. The summed E-state index contributed by atoms with van der Waals surface area (Å²) in [6, 6.07) is 16.6. The van der Waals surface area contributed by atoms with Crippen LogP contribution in [0.1, 0.15) is 76.2 Å². The summed E-state index contributed by atoms with van der Waals surface area (Å²) in [7, 11) is 3.67. The molecule has 2 N–H and O–H groups in total. The van der Waals surface area contributed by atoms with E-state index in [0.717, 1.165) is 46.3 Å². The van der Waals surface area contributed by atoms with Crippen molar-refractivity contribution in [2.45, 2.75) is 65.6 Å². The van der Waals surface area contributed by atoms with Crippen molar-refractivity contribution in [1.82, 2.24) is 20.2 Å². The number of aryl methyl sites for hydroxylation is 1. The minimum absolute atomic E-state index is 0.194. The molecule has 47 heavy (non-hydrogen) atoms. The number of benzene rings is 2. The topological polar surface area (TPSA) is 102 Å². The van der Waals surface area contributed by atoms with Gasteiger partial charge in [0, 0.05) is 67.8 Å². The Kier molecular flexibility index (Phi) is 12.5. The SMILES string of the molecule is CCN(CC)c1cc(C(=O)N[C@@H](Cc2ccccc2)[C@H](O)CN(C)c2cncc(C(C)C)c2)cc(C(=O)N(C)Cc2nc(C)cs2)c1. The number of thiazole rings is 1. The van der Waals surface area contributed by atoms with Crippen molar-refractivity contribution in [3.8, 4) is 0 Å². The predicted octanol–water partition coefficient (Wildman–Crippen LogP) is 5.93. The summed E-state index contributed by atoms with van der Waals surface area (Å²) in [4.78, 5) is 42.3. The van der Waals surface area contributed by atoms with E-state index >= 15 is 0 Å². The average Bonchev–Trinajstić information content (AvgIpc) is 3.48. The number of likely N-dealkylation sites (N-methyl/N-ethyl adjacent to an activating group) is 1. The Bertz CT molecular complexity index is 1620. The van der Waals surface area contributed by atoms with Gasteiger partial charge in [0.1, 0.15) is 5.01 Å². The smallest absolute Gasteiger partial charge is 0.254 e. The number of hydrogen-bond acceptors (Lipinski definition) is 8. The van der Waals surface area contributed by atoms with Gasteiger partial charge in [-0.2, -0.15) is 0 Å². The highest BCUT2D eigenvalue weighted by Crippen LogP contribution is 2.23. The van der Waals surface area contributed by atoms with Gasteiger partial charge in [-0.1, -0.05) is 44.2 Å². The second kappa shape index (κ2) is 16.5. The van der Waals surface area contributed by atoms with Gasteiger partial charge >= 0.3 is 0 Å². The number of aromatic nitrogens is 2. The van der Waals surface area contributed by atoms with Crippen LogP contribution in [0.4, 0.5) is 11.4 Å². The van der Waals surface area contributed by atoms with Crippen molar-refractivity contribution in [2.24, 2.45) is 0 Å². The first-order valence-electron chi connectivity index (χ1n) is 16.2. The van der Waals surface area contributed by atoms with Gasteiger partial charge in [0.2, 0.25) is 0 Å². The van der Waals surface area contributed by atoms with Crippen molar-refractivity contribution < 1.29 is 14.7 Å². The Hall–Kier alpha value is -4.28. The molecule has 0 aliphatic heterocycles. The Morgan fingerprint density at radius 2 is 1.66 bits per heavy atom. The van der Waals surface area contributed by atoms with Crippen LogP contribution in [0.15, 0.2) is 72.4 Å². The lowest BCUT2D eigenvalue weighted by Crippen LogP contribution is -2.49. The molecule has 10 heteroatoms. The van der Waals surface area contributed by atoms with Gasteiger partial charge in [0.25, 0.3) is 11.8 Å². The van der Waals surface area contributed by atoms with Crippen LogP contribution < -0.4 is 15.1 Å². The number of aliphatic hydroxyl groups is 1. The zero-order valence-corrected chi connectivity index (χ0v) is 29.4. The molecule has 0 saturated heterocycles. The summed E-state index contributed by atoms with van der Waals surface area (Å²) in [5.41, 5.74) is 5.51. The zero-order valence-electron chi connectivity index (χ0n) is 28.6. The fourth-order valence-corrected chi connectivity index (χ4v) is 6.32. The van der Waals surface area contributed by atoms with Gasteiger partial charge in [-0.25, -0.2) is 4.98 Å². The highest BCUT2D eigenvalue weighted by molar-refractivity contribution is 7.09. The van der Waals surface area contributed by atoms with Crippen molar-refractivity contribution >= 4 is 34.5 Å². The number of aliphatic hydroxyl groups excluding tert-OH is 1. The Morgan fingerprint density at radius 1 is 0.957 bits per heavy atom. The largest absolute Gasteiger partial charge is 0.389 e. The molecule has 2 heterocycles. The van der Waals surface area contributed by atoms with E-state index in [1.165, 1.54) is 11.3 Å². The van der Waals surface area contributed by atoms with Gasteiger partial charge in [-0.3, -0.25) is 14.6 Å². The number of carbonyl (C=O) groups is 2. The lowest BCUT2D eigenvalue weighted by atomic mass is 9.99. The monoisotopic (exact) mass is 656 g/mol. The first kappa shape index (κ1) is 35.6. The van der Waals surface area contributed by atoms with E-state index in [4.69, 9.17) is 0 Å². The maximum atomic E-state index is 14.0. The van der Waals surface area contributed by atoms with Crippen LogP contribution in [0.25, 0.3) is 0 Å². The molecule has 0 spiro atoms. The van der Waals surface area contributed by atoms with Crippen LogP contribution in [-0.4, -0.2) is 77.7 Å². The number of nitrogens with zero attached hydrogens (tertiary/aromatic N) is 5. The molecule has 0 aliphatic rings. The predicted molar refractivity (Wildman–Crippen MR) is 192 cm³/mol. The molecular formula is C37H48N6O3S. The first-order chi connectivity index (χ1) is 22.5. The number of carbonyl (C=O) groups excluding carboxylic acids is 2. The quantitative estimate of drug-likeness (QED) is 0.164. The average molecular weight is 657 g/mol. The Balaban J connectivity index is 1.61. The maximum absolute atomic E-state index is 14.0. The second-order valence-electron chi connectivity index (χ2n) is 12.3. The van der Waals surface area contributed by atoms with E-state index in [-0.39, 0.29) is 18.4 Å². The number of nitrogens with one attached hydrogen (secondary N) is 1. The molecule has 2 aromatic heterocycles. The number of anilines is 2. The number of hydrogen-bond donors (Lipinski definition) is 2. The van der Waals surface area contributed by atoms with Crippen molar-refractivity contribution in [3.63, 3.8) is 0 Å². The number of amides is 2. The number of pyridine rings is 1. The Morgan fingerprint density at radius 3 is 2.30 bits per heavy atom. The number of rotatable bonds is 15. The summed E-state index contributed by atoms with van der Waals surface area (Å²) in [6.45, 7) is 12.4. The third kappa shape index (κ3) is 9.62. The normalized spacial score (nSPS) is 12.4. The fourth-order valence-electron chi connectivity index (χ4n) is 5.49. The van der Waals surface area contributed by atoms with Crippen LogP contribution in [0.2, 0.25) is 0 Å². The summed E-state index contributed by atoms with van der Waals surface area (Å²) in [5, 5.41) is 17.5. The highest BCUT2D eigenvalue weighted by atomic mass is 32.1. The van der Waals surface area contributed by atoms with Crippen LogP contribution in [-0.2, 0) is 13.0 Å². The van der Waals surface area contributed by atoms with Gasteiger partial charge in [-0.05, 0) is 68.5 Å². The molecule has 2 aromatic carbocycles. The lowest BCUT2D eigenvalue weighted by molar-refractivity contribution is 0.0785. The molecule has 9 nitrogen and oxygen atoms in total. The van der Waals surface area contributed by atoms with E-state index in [2.05, 4.69) is 40.1 Å². The van der Waals surface area contributed by atoms with Crippen LogP contribution in [0, 0.1) is 6.92 Å². The third-order valence-corrected chi connectivity index (χ3v) is 9.29. The van der Waals surface area contributed by atoms with Crippen molar-refractivity contribution in [1.29, 1.82) is 0 Å². The van der Waals surface area contributed by atoms with Crippen LogP contribution >= 0.6 is 11.3 Å². The van der Waals surface area contributed by atoms with Crippen LogP contribution in [0.5, 0.6) is 0 Å². The van der Waals surface area contributed by atoms with Crippen molar-refractivity contribution in [2.75, 3.05) is 43.5 Å². The minimum atomic E-state index is -0.896. The van der Waals surface area contributed by atoms with E-state index in [1.54, 1.807) is 24.2 Å². The molecule has 0 bridgehead atoms. The Labute approximate surface area is 283 Å². The summed E-state index contributed by atoms with van der Waals surface area (Å²) in [5.74, 6) is -0.218. The van der Waals surface area contributed by atoms with Gasteiger partial charge in [0.05, 0.1) is 30.6 Å². The van der Waals surface area contributed by atoms with E-state index < -0.39 is 12.1 Å². The maximum Gasteiger partial charge on any atom is 0.254 e. The molecule has 4 aromatic rings. The fraction of sp³-hybridized carbons (Fsp3) is 0.405. The molecule has 0 radical (unpaired) electrons. The van der Waals surface area contributed by atoms with Crippen LogP contribution in [0.3, 0.4) is 0 Å². The molecule has 0 fully saturated rings. The summed E-state index contributed by atoms with van der Waals surface area (Å²) < 4.78 is 0. The van der Waals surface area contributed by atoms with Crippen molar-refractivity contribution in [3.05, 3.63) is 105 Å². The molecule has 0 saturated carbocycles. The third-order valence-electron chi connectivity index (χ3n) is 8.33. The van der Waals surface area contributed by atoms with Gasteiger partial charge in [0.15, 0.2) is 0 Å². The first-order valence-corrected chi connectivity index (χ1v) is 17.1. The molecule has 2 amide bonds. The molecule has 250 valence electrons. The van der Waals surface area contributed by atoms with E-state index in [0.29, 0.717) is 30.0 Å². The summed E-state index contributed by atoms with van der Waals surface area (Å²) in [6.07, 6.45) is 3.18. The lowest BCUT2D eigenvalue weighted by Gasteiger charge is -2.30. The van der Waals surface area contributed by atoms with Gasteiger partial charge < -0.3 is 25.1 Å². The zero-order chi connectivity index (χ0) is 34.1.